The van der Waals surface area contributed by atoms with E-state index in [0.29, 0.717) is 10.7 Å². The molecule has 4 nitrogen and oxygen atoms in total. The third kappa shape index (κ3) is 3.71. The summed E-state index contributed by atoms with van der Waals surface area (Å²) in [5.74, 6) is -0.323. The molecule has 1 aromatic carbocycles. The van der Waals surface area contributed by atoms with Crippen molar-refractivity contribution in [1.29, 1.82) is 0 Å². The smallest absolute Gasteiger partial charge is 0.125 e. The largest absolute Gasteiger partial charge is 0.394 e. The standard InChI is InChI=1S/C18H20FN3OS/c19-14-4-5-17(22-10-2-1-3-15(22)12-23)16(11-14)21-18(24)13-6-8-20-9-7-13/h4-9,11,15,23H,1-3,10,12H2,(H,21,24). The minimum absolute atomic E-state index is 0.0549. The van der Waals surface area contributed by atoms with Gasteiger partial charge in [-0.1, -0.05) is 12.2 Å². The second-order valence-corrected chi connectivity index (χ2v) is 6.29. The molecule has 0 bridgehead atoms. The molecule has 0 amide bonds. The maximum Gasteiger partial charge on any atom is 0.125 e. The average molecular weight is 345 g/mol. The number of rotatable bonds is 4. The third-order valence-corrected chi connectivity index (χ3v) is 4.63. The Morgan fingerprint density at radius 2 is 2.08 bits per heavy atom. The molecule has 0 saturated carbocycles. The van der Waals surface area contributed by atoms with Crippen LogP contribution in [0.25, 0.3) is 0 Å². The maximum atomic E-state index is 13.8. The van der Waals surface area contributed by atoms with Crippen molar-refractivity contribution < 1.29 is 9.50 Å². The fourth-order valence-electron chi connectivity index (χ4n) is 3.06. The summed E-state index contributed by atoms with van der Waals surface area (Å²) in [7, 11) is 0. The quantitative estimate of drug-likeness (QED) is 0.832. The summed E-state index contributed by atoms with van der Waals surface area (Å²) in [5.41, 5.74) is 2.32. The van der Waals surface area contributed by atoms with Crippen LogP contribution < -0.4 is 10.2 Å². The van der Waals surface area contributed by atoms with Crippen molar-refractivity contribution in [2.75, 3.05) is 23.4 Å². The van der Waals surface area contributed by atoms with Gasteiger partial charge in [0.25, 0.3) is 0 Å². The predicted octanol–water partition coefficient (Wildman–Crippen LogP) is 3.36. The van der Waals surface area contributed by atoms with Crippen molar-refractivity contribution in [3.63, 3.8) is 0 Å². The normalized spacial score (nSPS) is 17.6. The monoisotopic (exact) mass is 345 g/mol. The SMILES string of the molecule is OCC1CCCCN1c1ccc(F)cc1NC(=S)c1ccncc1. The minimum atomic E-state index is -0.323. The Labute approximate surface area is 146 Å². The summed E-state index contributed by atoms with van der Waals surface area (Å²) in [6.45, 7) is 0.930. The molecule has 2 aromatic rings. The number of hydrogen-bond donors (Lipinski definition) is 2. The molecule has 1 unspecified atom stereocenters. The van der Waals surface area contributed by atoms with Gasteiger partial charge in [0.1, 0.15) is 10.8 Å². The summed E-state index contributed by atoms with van der Waals surface area (Å²) < 4.78 is 13.8. The van der Waals surface area contributed by atoms with Gasteiger partial charge in [0.2, 0.25) is 0 Å². The first kappa shape index (κ1) is 16.8. The number of aromatic nitrogens is 1. The molecular weight excluding hydrogens is 325 g/mol. The van der Waals surface area contributed by atoms with E-state index >= 15 is 0 Å². The zero-order valence-electron chi connectivity index (χ0n) is 13.3. The van der Waals surface area contributed by atoms with E-state index in [1.54, 1.807) is 18.5 Å². The van der Waals surface area contributed by atoms with E-state index in [-0.39, 0.29) is 18.5 Å². The van der Waals surface area contributed by atoms with E-state index in [9.17, 15) is 9.50 Å². The first-order valence-corrected chi connectivity index (χ1v) is 8.48. The molecule has 24 heavy (non-hydrogen) atoms. The molecule has 1 fully saturated rings. The number of hydrogen-bond acceptors (Lipinski definition) is 4. The number of thiocarbonyl (C=S) groups is 1. The highest BCUT2D eigenvalue weighted by molar-refractivity contribution is 7.81. The lowest BCUT2D eigenvalue weighted by Crippen LogP contribution is -2.42. The molecule has 1 aliphatic rings. The topological polar surface area (TPSA) is 48.4 Å². The van der Waals surface area contributed by atoms with Crippen LogP contribution in [-0.4, -0.2) is 34.3 Å². The van der Waals surface area contributed by atoms with Crippen molar-refractivity contribution in [2.45, 2.75) is 25.3 Å². The van der Waals surface area contributed by atoms with Crippen LogP contribution in [0.1, 0.15) is 24.8 Å². The third-order valence-electron chi connectivity index (χ3n) is 4.30. The highest BCUT2D eigenvalue weighted by atomic mass is 32.1. The minimum Gasteiger partial charge on any atom is -0.394 e. The maximum absolute atomic E-state index is 13.8. The number of aliphatic hydroxyl groups excluding tert-OH is 1. The van der Waals surface area contributed by atoms with Crippen molar-refractivity contribution >= 4 is 28.6 Å². The number of halogens is 1. The highest BCUT2D eigenvalue weighted by Crippen LogP contribution is 2.32. The first-order chi connectivity index (χ1) is 11.7. The van der Waals surface area contributed by atoms with Gasteiger partial charge in [-0.05, 0) is 49.6 Å². The van der Waals surface area contributed by atoms with Gasteiger partial charge in [0.15, 0.2) is 0 Å². The number of pyridine rings is 1. The van der Waals surface area contributed by atoms with Gasteiger partial charge >= 0.3 is 0 Å². The number of nitrogens with one attached hydrogen (secondary N) is 1. The Morgan fingerprint density at radius 1 is 1.29 bits per heavy atom. The molecule has 0 aliphatic carbocycles. The number of benzene rings is 1. The molecule has 126 valence electrons. The van der Waals surface area contributed by atoms with Crippen LogP contribution in [0, 0.1) is 5.82 Å². The van der Waals surface area contributed by atoms with Gasteiger partial charge in [-0.15, -0.1) is 0 Å². The van der Waals surface area contributed by atoms with Gasteiger partial charge in [-0.25, -0.2) is 4.39 Å². The summed E-state index contributed by atoms with van der Waals surface area (Å²) in [6.07, 6.45) is 6.43. The Kier molecular flexibility index (Phi) is 5.37. The molecule has 1 aromatic heterocycles. The summed E-state index contributed by atoms with van der Waals surface area (Å²) >= 11 is 5.44. The Hall–Kier alpha value is -2.05. The summed E-state index contributed by atoms with van der Waals surface area (Å²) in [4.78, 5) is 6.63. The van der Waals surface area contributed by atoms with Gasteiger partial charge in [0.05, 0.1) is 24.0 Å². The molecule has 2 heterocycles. The van der Waals surface area contributed by atoms with E-state index in [4.69, 9.17) is 12.2 Å². The lowest BCUT2D eigenvalue weighted by molar-refractivity contribution is 0.240. The van der Waals surface area contributed by atoms with Gasteiger partial charge in [0, 0.05) is 24.5 Å². The van der Waals surface area contributed by atoms with Crippen molar-refractivity contribution in [1.82, 2.24) is 4.98 Å². The van der Waals surface area contributed by atoms with Crippen molar-refractivity contribution in [3.05, 3.63) is 54.1 Å². The van der Waals surface area contributed by atoms with Crippen LogP contribution in [-0.2, 0) is 0 Å². The van der Waals surface area contributed by atoms with Crippen LogP contribution in [0.5, 0.6) is 0 Å². The number of piperidine rings is 1. The Bertz CT molecular complexity index is 711. The lowest BCUT2D eigenvalue weighted by atomic mass is 10.0. The molecule has 0 spiro atoms. The van der Waals surface area contributed by atoms with Crippen molar-refractivity contribution in [2.24, 2.45) is 0 Å². The Balaban J connectivity index is 1.89. The number of aliphatic hydroxyl groups is 1. The van der Waals surface area contributed by atoms with Gasteiger partial charge in [-0.3, -0.25) is 4.98 Å². The van der Waals surface area contributed by atoms with E-state index in [1.165, 1.54) is 12.1 Å². The van der Waals surface area contributed by atoms with Crippen LogP contribution in [0.15, 0.2) is 42.7 Å². The second-order valence-electron chi connectivity index (χ2n) is 5.88. The van der Waals surface area contributed by atoms with Crippen LogP contribution >= 0.6 is 12.2 Å². The molecule has 1 saturated heterocycles. The molecular formula is C18H20FN3OS. The van der Waals surface area contributed by atoms with Crippen LogP contribution in [0.4, 0.5) is 15.8 Å². The first-order valence-electron chi connectivity index (χ1n) is 8.07. The number of anilines is 2. The summed E-state index contributed by atoms with van der Waals surface area (Å²) in [5, 5.41) is 12.8. The van der Waals surface area contributed by atoms with Crippen LogP contribution in [0.2, 0.25) is 0 Å². The zero-order valence-corrected chi connectivity index (χ0v) is 14.1. The Morgan fingerprint density at radius 3 is 2.83 bits per heavy atom. The van der Waals surface area contributed by atoms with Crippen molar-refractivity contribution in [3.8, 4) is 0 Å². The van der Waals surface area contributed by atoms with E-state index in [2.05, 4.69) is 15.2 Å². The zero-order chi connectivity index (χ0) is 16.9. The molecule has 6 heteroatoms. The average Bonchev–Trinajstić information content (AvgIpc) is 2.62. The number of nitrogens with zero attached hydrogens (tertiary/aromatic N) is 2. The van der Waals surface area contributed by atoms with Gasteiger partial charge in [-0.2, -0.15) is 0 Å². The molecule has 2 N–H and O–H groups in total. The van der Waals surface area contributed by atoms with Gasteiger partial charge < -0.3 is 15.3 Å². The van der Waals surface area contributed by atoms with E-state index < -0.39 is 0 Å². The molecule has 3 rings (SSSR count). The fourth-order valence-corrected chi connectivity index (χ4v) is 3.31. The summed E-state index contributed by atoms with van der Waals surface area (Å²) in [6, 6.07) is 8.32. The predicted molar refractivity (Wildman–Crippen MR) is 98.0 cm³/mol. The van der Waals surface area contributed by atoms with E-state index in [0.717, 1.165) is 37.1 Å². The molecule has 0 radical (unpaired) electrons. The van der Waals surface area contributed by atoms with E-state index in [1.807, 2.05) is 12.1 Å². The molecule has 1 atom stereocenters. The fraction of sp³-hybridized carbons (Fsp3) is 0.333. The lowest BCUT2D eigenvalue weighted by Gasteiger charge is -2.37. The molecule has 1 aliphatic heterocycles. The van der Waals surface area contributed by atoms with Crippen LogP contribution in [0.3, 0.4) is 0 Å². The highest BCUT2D eigenvalue weighted by Gasteiger charge is 2.24. The second kappa shape index (κ2) is 7.68.